The van der Waals surface area contributed by atoms with E-state index in [0.29, 0.717) is 101 Å². The molecule has 6 heterocycles. The molecule has 0 bridgehead atoms. The highest BCUT2D eigenvalue weighted by molar-refractivity contribution is 7.94. The Hall–Kier alpha value is -9.73. The fourth-order valence-electron chi connectivity index (χ4n) is 12.0. The van der Waals surface area contributed by atoms with Gasteiger partial charge in [0.25, 0.3) is 0 Å². The van der Waals surface area contributed by atoms with Crippen molar-refractivity contribution in [1.82, 2.24) is 54.2 Å². The molecule has 0 spiro atoms. The van der Waals surface area contributed by atoms with Crippen LogP contribution in [-0.2, 0) is 91.8 Å². The van der Waals surface area contributed by atoms with Crippen molar-refractivity contribution in [1.29, 1.82) is 0 Å². The number of fused-ring (bicyclic) bond motifs is 6. The van der Waals surface area contributed by atoms with Gasteiger partial charge < -0.3 is 15.5 Å². The summed E-state index contributed by atoms with van der Waals surface area (Å²) in [4.78, 5) is 7.53. The summed E-state index contributed by atoms with van der Waals surface area (Å²) in [6, 6.07) is 32.0. The Morgan fingerprint density at radius 2 is 0.814 bits per heavy atom. The maximum absolute atomic E-state index is 12.4. The molecule has 6 aromatic carbocycles. The highest BCUT2D eigenvalue weighted by Gasteiger charge is 2.28. The first kappa shape index (κ1) is 79.9. The van der Waals surface area contributed by atoms with E-state index in [1.54, 1.807) is 70.3 Å². The third-order valence-corrected chi connectivity index (χ3v) is 25.9. The molecule has 113 heavy (non-hydrogen) atoms. The van der Waals surface area contributed by atoms with E-state index in [1.807, 2.05) is 102 Å². The van der Waals surface area contributed by atoms with E-state index in [4.69, 9.17) is 27.0 Å². The van der Waals surface area contributed by atoms with Crippen molar-refractivity contribution in [3.63, 3.8) is 0 Å². The molecular formula is C78H107N19O10S6. The van der Waals surface area contributed by atoms with Crippen LogP contribution < -0.4 is 34.2 Å². The van der Waals surface area contributed by atoms with Gasteiger partial charge in [0.05, 0.1) is 116 Å². The highest BCUT2D eigenvalue weighted by atomic mass is 32.2. The van der Waals surface area contributed by atoms with Crippen LogP contribution in [0.3, 0.4) is 0 Å². The number of aryl methyl sites for hydroxylation is 5. The Morgan fingerprint density at radius 1 is 0.460 bits per heavy atom. The van der Waals surface area contributed by atoms with Crippen molar-refractivity contribution in [3.05, 3.63) is 163 Å². The molecule has 0 atom stereocenters. The largest absolute Gasteiger partial charge is 0.362 e. The van der Waals surface area contributed by atoms with E-state index in [1.165, 1.54) is 24.5 Å². The SMILES string of the molecule is CCCCNC(=S)Nc1ccc2cnn(C)c2c1.CCCCS(=O)(=O)Nc1ccc2c(c1)C(C)=NC2.Cn1ncc2ccc(NS(=O)(=O)C3CCCCC3)cc21.[2H]C([2H])([2H])n1ncc2ccc(NS(=O)(=O)CCCC)cc21.[2H]C([2H])([2H])n1ncc2ccc(NS(=O)(=O)CCCCC)cc21.[C-]#[N+]CCCCS(=O)(=O)Nc1ccc2cnn(C)c2c1. The lowest BCUT2D eigenvalue weighted by atomic mass is 10.0. The third kappa shape index (κ3) is 27.5. The van der Waals surface area contributed by atoms with E-state index < -0.39 is 64.1 Å². The summed E-state index contributed by atoms with van der Waals surface area (Å²) in [5, 5.41) is 31.4. The number of nitrogens with one attached hydrogen (secondary N) is 7. The van der Waals surface area contributed by atoms with E-state index >= 15 is 0 Å². The van der Waals surface area contributed by atoms with E-state index in [2.05, 4.69) is 82.6 Å². The van der Waals surface area contributed by atoms with Gasteiger partial charge >= 0.3 is 0 Å². The molecule has 1 fully saturated rings. The molecule has 5 aromatic heterocycles. The molecule has 29 nitrogen and oxygen atoms in total. The number of hydrogen-bond donors (Lipinski definition) is 7. The van der Waals surface area contributed by atoms with E-state index in [0.717, 1.165) is 142 Å². The van der Waals surface area contributed by atoms with Gasteiger partial charge in [0.1, 0.15) is 0 Å². The molecule has 0 saturated heterocycles. The predicted octanol–water partition coefficient (Wildman–Crippen LogP) is 14.5. The number of aromatic nitrogens is 10. The van der Waals surface area contributed by atoms with Crippen LogP contribution in [0.25, 0.3) is 59.4 Å². The summed E-state index contributed by atoms with van der Waals surface area (Å²) in [6.45, 7) is 13.8. The predicted molar refractivity (Wildman–Crippen MR) is 464 cm³/mol. The summed E-state index contributed by atoms with van der Waals surface area (Å²) in [7, 11) is -11.1. The van der Waals surface area contributed by atoms with Crippen molar-refractivity contribution < 1.29 is 50.3 Å². The monoisotopic (exact) mass is 1670 g/mol. The van der Waals surface area contributed by atoms with Gasteiger partial charge in [-0.05, 0) is 173 Å². The average Bonchev–Trinajstić information content (AvgIpc) is 1.67. The summed E-state index contributed by atoms with van der Waals surface area (Å²) >= 11 is 5.24. The van der Waals surface area contributed by atoms with Gasteiger partial charge in [-0.2, -0.15) is 25.5 Å². The molecule has 1 saturated carbocycles. The maximum atomic E-state index is 12.4. The van der Waals surface area contributed by atoms with E-state index in [9.17, 15) is 42.1 Å². The molecule has 610 valence electrons. The molecule has 11 aromatic rings. The molecule has 1 aliphatic heterocycles. The molecule has 0 unspecified atom stereocenters. The highest BCUT2D eigenvalue weighted by Crippen LogP contribution is 2.29. The minimum absolute atomic E-state index is 0.0337. The van der Waals surface area contributed by atoms with Gasteiger partial charge in [0.2, 0.25) is 56.7 Å². The number of unbranched alkanes of at least 4 members (excludes halogenated alkanes) is 6. The number of rotatable bonds is 29. The average molecular weight is 1670 g/mol. The number of thiocarbonyl (C=S) groups is 1. The molecule has 13 rings (SSSR count). The van der Waals surface area contributed by atoms with Crippen molar-refractivity contribution >= 4 is 162 Å². The van der Waals surface area contributed by atoms with Gasteiger partial charge in [-0.25, -0.2) is 48.7 Å². The third-order valence-electron chi connectivity index (χ3n) is 18.3. The second-order valence-corrected chi connectivity index (χ2v) is 37.1. The lowest BCUT2D eigenvalue weighted by molar-refractivity contribution is 0.486. The zero-order valence-electron chi connectivity index (χ0n) is 71.0. The lowest BCUT2D eigenvalue weighted by Crippen LogP contribution is -2.29. The fraction of sp³-hybridized carbons (Fsp3) is 0.436. The van der Waals surface area contributed by atoms with Crippen molar-refractivity contribution in [2.45, 2.75) is 149 Å². The van der Waals surface area contributed by atoms with Gasteiger partial charge in [-0.1, -0.05) is 85.1 Å². The number of sulfonamides is 5. The zero-order chi connectivity index (χ0) is 86.9. The van der Waals surface area contributed by atoms with Gasteiger partial charge in [0, 0.05) is 106 Å². The molecule has 0 radical (unpaired) electrons. The minimum atomic E-state index is -3.43. The molecular weight excluding hydrogens is 1560 g/mol. The number of nitrogens with zero attached hydrogens (tertiary/aromatic N) is 12. The van der Waals surface area contributed by atoms with E-state index in [-0.39, 0.29) is 28.3 Å². The summed E-state index contributed by atoms with van der Waals surface area (Å²) < 4.78 is 184. The van der Waals surface area contributed by atoms with Crippen molar-refractivity contribution in [2.75, 3.05) is 65.0 Å². The van der Waals surface area contributed by atoms with Crippen LogP contribution in [0.2, 0.25) is 0 Å². The second-order valence-electron chi connectivity index (χ2n) is 27.4. The van der Waals surface area contributed by atoms with Crippen LogP contribution in [0.4, 0.5) is 34.1 Å². The molecule has 35 heteroatoms. The molecule has 7 N–H and O–H groups in total. The fourth-order valence-corrected chi connectivity index (χ4v) is 18.7. The Bertz CT molecular complexity index is 5940. The first-order valence-corrected chi connectivity index (χ1v) is 46.1. The van der Waals surface area contributed by atoms with Crippen LogP contribution in [0.1, 0.15) is 157 Å². The van der Waals surface area contributed by atoms with Crippen LogP contribution in [0, 0.1) is 6.57 Å². The normalized spacial score (nSPS) is 14.0. The Labute approximate surface area is 679 Å². The lowest BCUT2D eigenvalue weighted by Gasteiger charge is -2.22. The van der Waals surface area contributed by atoms with Crippen LogP contribution in [0.15, 0.2) is 145 Å². The topological polar surface area (TPSA) is 361 Å². The molecule has 2 aliphatic rings. The zero-order valence-corrected chi connectivity index (χ0v) is 69.9. The number of anilines is 6. The summed E-state index contributed by atoms with van der Waals surface area (Å²) in [5.41, 5.74) is 10.2. The summed E-state index contributed by atoms with van der Waals surface area (Å²) in [6.07, 6.45) is 21.6. The maximum Gasteiger partial charge on any atom is 0.235 e. The second kappa shape index (κ2) is 41.9. The quantitative estimate of drug-likeness (QED) is 0.0130. The first-order valence-electron chi connectivity index (χ1n) is 40.5. The molecule has 0 amide bonds. The Kier molecular flexibility index (Phi) is 29.6. The van der Waals surface area contributed by atoms with Gasteiger partial charge in [-0.15, -0.1) is 0 Å². The van der Waals surface area contributed by atoms with Crippen molar-refractivity contribution in [2.24, 2.45) is 40.1 Å². The van der Waals surface area contributed by atoms with Crippen molar-refractivity contribution in [3.8, 4) is 0 Å². The van der Waals surface area contributed by atoms with Gasteiger partial charge in [0.15, 0.2) is 5.11 Å². The smallest absolute Gasteiger partial charge is 0.235 e. The number of aliphatic imine (C=N–C) groups is 1. The van der Waals surface area contributed by atoms with Crippen LogP contribution in [0.5, 0.6) is 0 Å². The Morgan fingerprint density at radius 3 is 1.22 bits per heavy atom. The first-order chi connectivity index (χ1) is 56.2. The standard InChI is InChI=1S/C14H19N3O2S.C13H16N4O2S.C13H18N4S.C13H19N3O2S.C13H18N2O2S.C12H17N3O2S/c1-17-14-9-12(8-7-11(14)10-15-17)16-20(18,19)13-5-3-2-4-6-13;1-14-7-3-4-8-20(18,19)16-12-6-5-11-10-15-17(2)13(11)9-12;1-3-4-7-14-13(18)16-11-6-5-10-9-15-17(2)12(10)8-11;1-3-4-5-8-19(17,18)15-12-7-6-11-10-14-16(2)13(11)9-12;1-3-4-7-18(16,17)15-12-6-5-11-9-14-10(2)13(11)8-12;1-3-4-7-18(16,17)14-11-6-5-10-9-13-15(2)12(10)8-11/h7-10,13,16H,2-6H2,1H3;5-6,9-10,16H,3-4,7-8H2,2H3;5-6,8-9H,3-4,7H2,1-2H3,(H2,14,16,18);6-7,9-10,15H,3-5,8H2,1-2H3;5-6,8,15H,3-4,7,9H2,1-2H3;5-6,8-9,14H,3-4,7H2,1-2H3/i;;;2D3;;2D3. The molecule has 1 aliphatic carbocycles. The summed E-state index contributed by atoms with van der Waals surface area (Å²) in [5.74, 6) is 0.303. The van der Waals surface area contributed by atoms with Crippen LogP contribution in [-0.4, -0.2) is 143 Å². The Balaban J connectivity index is 0.000000178. The van der Waals surface area contributed by atoms with Crippen LogP contribution >= 0.6 is 12.2 Å². The number of hydrogen-bond acceptors (Lipinski definition) is 17. The minimum Gasteiger partial charge on any atom is -0.362 e. The van der Waals surface area contributed by atoms with Gasteiger partial charge in [-0.3, -0.25) is 52.0 Å². The number of benzene rings is 6.